The second-order valence-electron chi connectivity index (χ2n) is 10.5. The predicted molar refractivity (Wildman–Crippen MR) is 164 cm³/mol. The van der Waals surface area contributed by atoms with Gasteiger partial charge in [-0.05, 0) is 0 Å². The van der Waals surface area contributed by atoms with Crippen molar-refractivity contribution in [1.29, 1.82) is 0 Å². The minimum atomic E-state index is -2.91. The summed E-state index contributed by atoms with van der Waals surface area (Å²) in [5.41, 5.74) is 1.09. The molecule has 0 N–H and O–H groups in total. The quantitative estimate of drug-likeness (QED) is 0.0351. The zero-order chi connectivity index (χ0) is 29.5. The molecule has 40 heavy (non-hydrogen) atoms. The first-order valence-electron chi connectivity index (χ1n) is 15.2. The second kappa shape index (κ2) is 23.4. The molecule has 0 fully saturated rings. The van der Waals surface area contributed by atoms with Crippen LogP contribution >= 0.6 is 0 Å². The average Bonchev–Trinajstić information content (AvgIpc) is 2.98. The average molecular weight is 672 g/mol. The van der Waals surface area contributed by atoms with Gasteiger partial charge >= 0.3 is 249 Å². The Morgan fingerprint density at radius 2 is 1.45 bits per heavy atom. The number of esters is 1. The van der Waals surface area contributed by atoms with E-state index < -0.39 is 18.4 Å². The normalized spacial score (nSPS) is 12.9. The minimum absolute atomic E-state index is 0.0714. The van der Waals surface area contributed by atoms with Gasteiger partial charge in [0.15, 0.2) is 0 Å². The maximum absolute atomic E-state index is 12.7. The number of hydrogen-bond donors (Lipinski definition) is 0. The standard InChI is InChI=1S/C20H29O7.3C4H9.Sn/c1-22-13-14-26-16-25-12-11-19(5-4-6-20(21)24-3)27-15-17-7-9-18(23-2)10-8-17;3*1-3-4-2;/h6-10,19H,5,11-16H2,1-3H3;3*1,3-4H2,2H3;/t19-;;;;/m0..../s1. The van der Waals surface area contributed by atoms with Crippen molar-refractivity contribution in [2.24, 2.45) is 0 Å². The van der Waals surface area contributed by atoms with Crippen molar-refractivity contribution < 1.29 is 33.2 Å². The van der Waals surface area contributed by atoms with E-state index in [4.69, 9.17) is 28.4 Å². The SMILES string of the molecule is CCC[CH2][Sn]([CH2]CCC)([CH2]CCC)/[C](=C/C(=O)OC)C[C@@H](CCOCOCCOC)OCc1ccc(OC)cc1. The van der Waals surface area contributed by atoms with Crippen molar-refractivity contribution in [2.45, 2.75) is 98.2 Å². The van der Waals surface area contributed by atoms with E-state index >= 15 is 0 Å². The van der Waals surface area contributed by atoms with E-state index in [0.29, 0.717) is 26.4 Å². The topological polar surface area (TPSA) is 72.5 Å². The molecule has 0 amide bonds. The van der Waals surface area contributed by atoms with Crippen LogP contribution in [0.1, 0.15) is 77.7 Å². The molecule has 0 aliphatic rings. The van der Waals surface area contributed by atoms with E-state index in [0.717, 1.165) is 24.2 Å². The summed E-state index contributed by atoms with van der Waals surface area (Å²) in [7, 11) is 4.80. The number of hydrogen-bond acceptors (Lipinski definition) is 7. The van der Waals surface area contributed by atoms with Gasteiger partial charge in [0.2, 0.25) is 0 Å². The summed E-state index contributed by atoms with van der Waals surface area (Å²) in [6.07, 6.45) is 10.5. The molecule has 0 radical (unpaired) electrons. The summed E-state index contributed by atoms with van der Waals surface area (Å²) in [4.78, 5) is 12.7. The van der Waals surface area contributed by atoms with Gasteiger partial charge in [-0.3, -0.25) is 0 Å². The van der Waals surface area contributed by atoms with Crippen LogP contribution in [0.15, 0.2) is 33.9 Å². The van der Waals surface area contributed by atoms with E-state index in [2.05, 4.69) is 20.8 Å². The maximum atomic E-state index is 12.7. The zero-order valence-electron chi connectivity index (χ0n) is 26.1. The molecule has 1 aromatic rings. The Bertz CT molecular complexity index is 775. The molecule has 230 valence electrons. The first-order valence-corrected chi connectivity index (χ1v) is 22.6. The first-order chi connectivity index (χ1) is 19.5. The summed E-state index contributed by atoms with van der Waals surface area (Å²) in [5, 5.41) is 0. The molecule has 0 bridgehead atoms. The Balaban J connectivity index is 3.22. The molecule has 0 unspecified atom stereocenters. The number of rotatable bonds is 25. The van der Waals surface area contributed by atoms with Gasteiger partial charge in [-0.1, -0.05) is 0 Å². The van der Waals surface area contributed by atoms with Crippen molar-refractivity contribution in [3.05, 3.63) is 39.5 Å². The van der Waals surface area contributed by atoms with E-state index in [-0.39, 0.29) is 18.9 Å². The fourth-order valence-corrected chi connectivity index (χ4v) is 21.8. The van der Waals surface area contributed by atoms with Crippen LogP contribution < -0.4 is 4.74 Å². The van der Waals surface area contributed by atoms with Crippen molar-refractivity contribution in [1.82, 2.24) is 0 Å². The van der Waals surface area contributed by atoms with Gasteiger partial charge in [0.05, 0.1) is 0 Å². The number of ether oxygens (including phenoxy) is 6. The Kier molecular flexibility index (Phi) is 21.6. The van der Waals surface area contributed by atoms with Crippen LogP contribution in [-0.2, 0) is 35.1 Å². The third kappa shape index (κ3) is 15.2. The van der Waals surface area contributed by atoms with Gasteiger partial charge in [-0.2, -0.15) is 0 Å². The fourth-order valence-electron chi connectivity index (χ4n) is 4.99. The van der Waals surface area contributed by atoms with Crippen molar-refractivity contribution in [3.8, 4) is 5.75 Å². The molecule has 1 aromatic carbocycles. The van der Waals surface area contributed by atoms with E-state index in [9.17, 15) is 4.79 Å². The summed E-state index contributed by atoms with van der Waals surface area (Å²) in [6.45, 7) is 9.10. The van der Waals surface area contributed by atoms with Gasteiger partial charge in [0.1, 0.15) is 0 Å². The zero-order valence-corrected chi connectivity index (χ0v) is 29.0. The molecule has 0 saturated carbocycles. The number of benzene rings is 1. The summed E-state index contributed by atoms with van der Waals surface area (Å²) in [5.74, 6) is 0.587. The van der Waals surface area contributed by atoms with Crippen molar-refractivity contribution in [2.75, 3.05) is 47.9 Å². The van der Waals surface area contributed by atoms with E-state index in [1.165, 1.54) is 62.5 Å². The number of carbonyl (C=O) groups is 1. The summed E-state index contributed by atoms with van der Waals surface area (Å²) < 4.78 is 38.6. The first kappa shape index (κ1) is 36.9. The van der Waals surface area contributed by atoms with Gasteiger partial charge in [-0.15, -0.1) is 0 Å². The van der Waals surface area contributed by atoms with E-state index in [1.54, 1.807) is 14.2 Å². The Morgan fingerprint density at radius 1 is 0.850 bits per heavy atom. The monoisotopic (exact) mass is 672 g/mol. The molecule has 0 aliphatic carbocycles. The van der Waals surface area contributed by atoms with Crippen LogP contribution in [0.2, 0.25) is 13.3 Å². The molecular formula is C32H56O7Sn. The number of carbonyl (C=O) groups excluding carboxylic acids is 1. The Morgan fingerprint density at radius 3 is 1.98 bits per heavy atom. The van der Waals surface area contributed by atoms with Crippen LogP contribution in [-0.4, -0.2) is 78.4 Å². The summed E-state index contributed by atoms with van der Waals surface area (Å²) >= 11 is -2.91. The van der Waals surface area contributed by atoms with Crippen LogP contribution in [0.3, 0.4) is 0 Å². The molecule has 1 rings (SSSR count). The third-order valence-electron chi connectivity index (χ3n) is 7.48. The van der Waals surface area contributed by atoms with Gasteiger partial charge in [0, 0.05) is 0 Å². The van der Waals surface area contributed by atoms with Crippen LogP contribution in [0, 0.1) is 0 Å². The molecule has 0 saturated heterocycles. The predicted octanol–water partition coefficient (Wildman–Crippen LogP) is 7.49. The molecular weight excluding hydrogens is 615 g/mol. The van der Waals surface area contributed by atoms with Crippen LogP contribution in [0.4, 0.5) is 0 Å². The Labute approximate surface area is 248 Å². The van der Waals surface area contributed by atoms with Gasteiger partial charge in [-0.25, -0.2) is 0 Å². The molecule has 0 spiro atoms. The van der Waals surface area contributed by atoms with Gasteiger partial charge in [0.25, 0.3) is 0 Å². The number of unbranched alkanes of at least 4 members (excludes halogenated alkanes) is 3. The third-order valence-corrected chi connectivity index (χ3v) is 23.6. The van der Waals surface area contributed by atoms with Crippen LogP contribution in [0.5, 0.6) is 5.75 Å². The number of methoxy groups -OCH3 is 3. The molecule has 0 heterocycles. The molecule has 1 atom stereocenters. The molecule has 0 aliphatic heterocycles. The molecule has 7 nitrogen and oxygen atoms in total. The van der Waals surface area contributed by atoms with Crippen molar-refractivity contribution >= 4 is 24.3 Å². The van der Waals surface area contributed by atoms with Crippen LogP contribution in [0.25, 0.3) is 0 Å². The van der Waals surface area contributed by atoms with Crippen molar-refractivity contribution in [3.63, 3.8) is 0 Å². The molecule has 8 heteroatoms. The second-order valence-corrected chi connectivity index (χ2v) is 23.9. The fraction of sp³-hybridized carbons (Fsp3) is 0.719. The molecule has 0 aromatic heterocycles. The Hall–Kier alpha value is -1.13. The van der Waals surface area contributed by atoms with Gasteiger partial charge < -0.3 is 0 Å². The summed E-state index contributed by atoms with van der Waals surface area (Å²) in [6, 6.07) is 7.99. The van der Waals surface area contributed by atoms with E-state index in [1.807, 2.05) is 30.3 Å².